The minimum atomic E-state index is 1.19. The summed E-state index contributed by atoms with van der Waals surface area (Å²) in [5, 5.41) is 0. The third-order valence-corrected chi connectivity index (χ3v) is 3.62. The van der Waals surface area contributed by atoms with E-state index in [2.05, 4.69) is 48.2 Å². The van der Waals surface area contributed by atoms with Crippen LogP contribution in [-0.2, 0) is 6.42 Å². The first-order valence-electron chi connectivity index (χ1n) is 6.74. The van der Waals surface area contributed by atoms with Gasteiger partial charge in [-0.1, -0.05) is 18.6 Å². The Morgan fingerprint density at radius 3 is 2.24 bits per heavy atom. The van der Waals surface area contributed by atoms with Crippen LogP contribution >= 0.6 is 0 Å². The van der Waals surface area contributed by atoms with E-state index in [0.717, 1.165) is 0 Å². The molecule has 0 saturated carbocycles. The van der Waals surface area contributed by atoms with Crippen LogP contribution in [0.25, 0.3) is 0 Å². The summed E-state index contributed by atoms with van der Waals surface area (Å²) in [6.07, 6.45) is 5.39. The number of likely N-dealkylation sites (tertiary alicyclic amines) is 1. The molecule has 1 saturated heterocycles. The van der Waals surface area contributed by atoms with Crippen LogP contribution in [0.2, 0.25) is 0 Å². The van der Waals surface area contributed by atoms with Gasteiger partial charge in [-0.2, -0.15) is 0 Å². The van der Waals surface area contributed by atoms with Gasteiger partial charge in [-0.15, -0.1) is 0 Å². The van der Waals surface area contributed by atoms with Gasteiger partial charge in [0, 0.05) is 26.3 Å². The lowest BCUT2D eigenvalue weighted by Crippen LogP contribution is -2.31. The molecule has 1 aromatic carbocycles. The van der Waals surface area contributed by atoms with Gasteiger partial charge >= 0.3 is 0 Å². The summed E-state index contributed by atoms with van der Waals surface area (Å²) in [5.41, 5.74) is 2.74. The molecule has 17 heavy (non-hydrogen) atoms. The van der Waals surface area contributed by atoms with Crippen molar-refractivity contribution < 1.29 is 0 Å². The minimum absolute atomic E-state index is 1.19. The van der Waals surface area contributed by atoms with Crippen LogP contribution in [0, 0.1) is 0 Å². The van der Waals surface area contributed by atoms with Crippen molar-refractivity contribution in [2.75, 3.05) is 38.6 Å². The average Bonchev–Trinajstić information content (AvgIpc) is 2.38. The van der Waals surface area contributed by atoms with Gasteiger partial charge in [0.2, 0.25) is 0 Å². The first-order chi connectivity index (χ1) is 8.25. The number of anilines is 1. The minimum Gasteiger partial charge on any atom is -0.378 e. The van der Waals surface area contributed by atoms with Gasteiger partial charge in [0.15, 0.2) is 0 Å². The highest BCUT2D eigenvalue weighted by Gasteiger charge is 2.09. The normalized spacial score (nSPS) is 17.1. The molecule has 1 fully saturated rings. The zero-order valence-electron chi connectivity index (χ0n) is 11.2. The number of benzene rings is 1. The summed E-state index contributed by atoms with van der Waals surface area (Å²) in [4.78, 5) is 4.75. The molecule has 94 valence electrons. The molecule has 2 heteroatoms. The summed E-state index contributed by atoms with van der Waals surface area (Å²) in [7, 11) is 4.17. The first kappa shape index (κ1) is 12.4. The van der Waals surface area contributed by atoms with Crippen molar-refractivity contribution in [1.29, 1.82) is 0 Å². The third kappa shape index (κ3) is 3.74. The van der Waals surface area contributed by atoms with Crippen LogP contribution in [0.1, 0.15) is 24.8 Å². The maximum absolute atomic E-state index is 2.60. The van der Waals surface area contributed by atoms with E-state index in [1.807, 2.05) is 0 Å². The van der Waals surface area contributed by atoms with Crippen LogP contribution in [-0.4, -0.2) is 38.6 Å². The van der Waals surface area contributed by atoms with Crippen molar-refractivity contribution in [2.24, 2.45) is 0 Å². The molecule has 0 atom stereocenters. The van der Waals surface area contributed by atoms with E-state index in [1.54, 1.807) is 0 Å². The van der Waals surface area contributed by atoms with E-state index < -0.39 is 0 Å². The Hall–Kier alpha value is -1.02. The zero-order chi connectivity index (χ0) is 12.1. The van der Waals surface area contributed by atoms with Gasteiger partial charge in [0.25, 0.3) is 0 Å². The maximum atomic E-state index is 2.60. The topological polar surface area (TPSA) is 6.48 Å². The van der Waals surface area contributed by atoms with Crippen LogP contribution in [0.5, 0.6) is 0 Å². The molecule has 0 amide bonds. The lowest BCUT2D eigenvalue weighted by Gasteiger charge is -2.26. The third-order valence-electron chi connectivity index (χ3n) is 3.62. The number of piperidine rings is 1. The molecule has 1 aliphatic rings. The van der Waals surface area contributed by atoms with E-state index in [0.29, 0.717) is 0 Å². The molecule has 0 radical (unpaired) electrons. The summed E-state index contributed by atoms with van der Waals surface area (Å²) in [6.45, 7) is 3.83. The van der Waals surface area contributed by atoms with Gasteiger partial charge in [0.1, 0.15) is 0 Å². The zero-order valence-corrected chi connectivity index (χ0v) is 11.2. The van der Waals surface area contributed by atoms with Gasteiger partial charge < -0.3 is 9.80 Å². The first-order valence-corrected chi connectivity index (χ1v) is 6.74. The summed E-state index contributed by atoms with van der Waals surface area (Å²) >= 11 is 0. The number of nitrogens with zero attached hydrogens (tertiary/aromatic N) is 2. The van der Waals surface area contributed by atoms with Crippen molar-refractivity contribution in [1.82, 2.24) is 4.90 Å². The predicted octanol–water partition coefficient (Wildman–Crippen LogP) is 2.78. The fourth-order valence-corrected chi connectivity index (χ4v) is 2.43. The lowest BCUT2D eigenvalue weighted by molar-refractivity contribution is 0.231. The van der Waals surface area contributed by atoms with Gasteiger partial charge in [-0.05, 0) is 50.0 Å². The van der Waals surface area contributed by atoms with Crippen LogP contribution in [0.15, 0.2) is 24.3 Å². The standard InChI is InChI=1S/C15H24N2/c1-16(2)15-8-6-14(7-9-15)10-13-17-11-4-3-5-12-17/h6-9H,3-5,10-13H2,1-2H3. The largest absolute Gasteiger partial charge is 0.378 e. The molecule has 2 rings (SSSR count). The molecule has 0 spiro atoms. The predicted molar refractivity (Wildman–Crippen MR) is 74.8 cm³/mol. The Bertz CT molecular complexity index is 323. The van der Waals surface area contributed by atoms with Crippen LogP contribution in [0.3, 0.4) is 0 Å². The Balaban J connectivity index is 1.82. The molecular formula is C15H24N2. The van der Waals surface area contributed by atoms with E-state index in [4.69, 9.17) is 0 Å². The Morgan fingerprint density at radius 2 is 1.65 bits per heavy atom. The highest BCUT2D eigenvalue weighted by Crippen LogP contribution is 2.14. The average molecular weight is 232 g/mol. The van der Waals surface area contributed by atoms with Crippen molar-refractivity contribution in [3.8, 4) is 0 Å². The monoisotopic (exact) mass is 232 g/mol. The molecule has 0 N–H and O–H groups in total. The fraction of sp³-hybridized carbons (Fsp3) is 0.600. The Kier molecular flexibility index (Phi) is 4.43. The quantitative estimate of drug-likeness (QED) is 0.787. The SMILES string of the molecule is CN(C)c1ccc(CCN2CCCCC2)cc1. The Labute approximate surface area is 105 Å². The van der Waals surface area contributed by atoms with Crippen molar-refractivity contribution >= 4 is 5.69 Å². The van der Waals surface area contributed by atoms with Gasteiger partial charge in [-0.3, -0.25) is 0 Å². The second kappa shape index (κ2) is 6.06. The van der Waals surface area contributed by atoms with Crippen molar-refractivity contribution in [2.45, 2.75) is 25.7 Å². The van der Waals surface area contributed by atoms with E-state index in [-0.39, 0.29) is 0 Å². The molecule has 0 bridgehead atoms. The number of rotatable bonds is 4. The highest BCUT2D eigenvalue weighted by molar-refractivity contribution is 5.46. The second-order valence-electron chi connectivity index (χ2n) is 5.21. The molecule has 1 aromatic rings. The number of hydrogen-bond donors (Lipinski definition) is 0. The molecule has 1 heterocycles. The maximum Gasteiger partial charge on any atom is 0.0361 e. The van der Waals surface area contributed by atoms with Gasteiger partial charge in [0.05, 0.1) is 0 Å². The van der Waals surface area contributed by atoms with Crippen LogP contribution < -0.4 is 4.90 Å². The molecular weight excluding hydrogens is 208 g/mol. The summed E-state index contributed by atoms with van der Waals surface area (Å²) in [5.74, 6) is 0. The fourth-order valence-electron chi connectivity index (χ4n) is 2.43. The smallest absolute Gasteiger partial charge is 0.0361 e. The number of hydrogen-bond acceptors (Lipinski definition) is 2. The van der Waals surface area contributed by atoms with Crippen molar-refractivity contribution in [3.63, 3.8) is 0 Å². The molecule has 1 aliphatic heterocycles. The van der Waals surface area contributed by atoms with E-state index in [9.17, 15) is 0 Å². The highest BCUT2D eigenvalue weighted by atomic mass is 15.1. The van der Waals surface area contributed by atoms with Crippen LogP contribution in [0.4, 0.5) is 5.69 Å². The molecule has 0 aromatic heterocycles. The Morgan fingerprint density at radius 1 is 1.00 bits per heavy atom. The van der Waals surface area contributed by atoms with Crippen molar-refractivity contribution in [3.05, 3.63) is 29.8 Å². The lowest BCUT2D eigenvalue weighted by atomic mass is 10.1. The molecule has 2 nitrogen and oxygen atoms in total. The molecule has 0 aliphatic carbocycles. The molecule has 0 unspecified atom stereocenters. The van der Waals surface area contributed by atoms with E-state index in [1.165, 1.54) is 56.6 Å². The summed E-state index contributed by atoms with van der Waals surface area (Å²) in [6, 6.07) is 8.95. The second-order valence-corrected chi connectivity index (χ2v) is 5.21. The van der Waals surface area contributed by atoms with E-state index >= 15 is 0 Å². The van der Waals surface area contributed by atoms with Gasteiger partial charge in [-0.25, -0.2) is 0 Å². The summed E-state index contributed by atoms with van der Waals surface area (Å²) < 4.78 is 0.